The van der Waals surface area contributed by atoms with Crippen LogP contribution in [0.3, 0.4) is 0 Å². The third-order valence-corrected chi connectivity index (χ3v) is 9.76. The molecular weight excluding hydrogens is 743 g/mol. The van der Waals surface area contributed by atoms with Crippen molar-refractivity contribution in [2.24, 2.45) is 17.8 Å². The van der Waals surface area contributed by atoms with Crippen LogP contribution in [0.25, 0.3) is 10.8 Å². The van der Waals surface area contributed by atoms with Crippen molar-refractivity contribution in [3.63, 3.8) is 0 Å². The summed E-state index contributed by atoms with van der Waals surface area (Å²) in [6.45, 7) is 12.5. The van der Waals surface area contributed by atoms with Gasteiger partial charge in [-0.1, -0.05) is 116 Å². The Hall–Kier alpha value is -3.91. The minimum Gasteiger partial charge on any atom is -0.480 e. The summed E-state index contributed by atoms with van der Waals surface area (Å²) in [7, 11) is 0. The van der Waals surface area contributed by atoms with Gasteiger partial charge in [-0.25, -0.2) is 4.79 Å². The number of carbonyl (C=O) groups excluding carboxylic acids is 4. The van der Waals surface area contributed by atoms with E-state index in [1.54, 1.807) is 13.8 Å². The van der Waals surface area contributed by atoms with Crippen LogP contribution < -0.4 is 16.0 Å². The number of fused-ring (bicyclic) bond motifs is 1. The Labute approximate surface area is 346 Å². The van der Waals surface area contributed by atoms with Crippen LogP contribution in [0.15, 0.2) is 42.5 Å². The zero-order valence-electron chi connectivity index (χ0n) is 35.7. The summed E-state index contributed by atoms with van der Waals surface area (Å²) in [5.74, 6) is -4.09. The van der Waals surface area contributed by atoms with Crippen LogP contribution >= 0.6 is 0 Å². The molecule has 2 aromatic carbocycles. The van der Waals surface area contributed by atoms with Gasteiger partial charge in [0.2, 0.25) is 17.7 Å². The minimum atomic E-state index is -1.16. The first-order valence-corrected chi connectivity index (χ1v) is 21.3. The molecular formula is C45H71N3O10. The monoisotopic (exact) mass is 814 g/mol. The van der Waals surface area contributed by atoms with Gasteiger partial charge in [-0.05, 0) is 47.4 Å². The normalized spacial score (nSPS) is 13.0. The van der Waals surface area contributed by atoms with E-state index in [1.165, 1.54) is 32.1 Å². The lowest BCUT2D eigenvalue weighted by Crippen LogP contribution is -2.54. The van der Waals surface area contributed by atoms with Crippen molar-refractivity contribution in [1.29, 1.82) is 0 Å². The highest BCUT2D eigenvalue weighted by Gasteiger charge is 2.33. The molecule has 0 radical (unpaired) electrons. The molecule has 0 aliphatic carbocycles. The van der Waals surface area contributed by atoms with E-state index in [0.717, 1.165) is 29.2 Å². The van der Waals surface area contributed by atoms with Gasteiger partial charge in [-0.2, -0.15) is 0 Å². The SMILES string of the molecule is CCCCCCCCCC(=O)NCCOCCOCCOCCOCCC(=O)[C@H](Cc1cccc2ccccc12)C(=O)N[C@@H](CC(C)C)C(=O)N[C@H](C(=O)O)C(C)C. The molecule has 0 heterocycles. The first-order valence-electron chi connectivity index (χ1n) is 21.3. The molecule has 3 atom stereocenters. The van der Waals surface area contributed by atoms with Crippen molar-refractivity contribution in [2.75, 3.05) is 59.4 Å². The van der Waals surface area contributed by atoms with Crippen LogP contribution in [0.5, 0.6) is 0 Å². The van der Waals surface area contributed by atoms with E-state index < -0.39 is 35.8 Å². The van der Waals surface area contributed by atoms with Crippen LogP contribution in [0.4, 0.5) is 0 Å². The van der Waals surface area contributed by atoms with Crippen molar-refractivity contribution in [3.05, 3.63) is 48.0 Å². The number of amides is 3. The molecule has 0 unspecified atom stereocenters. The van der Waals surface area contributed by atoms with E-state index in [1.807, 2.05) is 56.3 Å². The number of nitrogens with one attached hydrogen (secondary N) is 3. The molecule has 0 aliphatic heterocycles. The molecule has 13 heteroatoms. The molecule has 4 N–H and O–H groups in total. The number of unbranched alkanes of at least 4 members (excludes halogenated alkanes) is 6. The summed E-state index contributed by atoms with van der Waals surface area (Å²) in [5, 5.41) is 19.8. The molecule has 2 aromatic rings. The maximum Gasteiger partial charge on any atom is 0.326 e. The predicted octanol–water partition coefficient (Wildman–Crippen LogP) is 6.04. The lowest BCUT2D eigenvalue weighted by Gasteiger charge is -2.26. The third kappa shape index (κ3) is 21.2. The van der Waals surface area contributed by atoms with E-state index in [2.05, 4.69) is 22.9 Å². The van der Waals surface area contributed by atoms with Gasteiger partial charge in [-0.3, -0.25) is 19.2 Å². The molecule has 0 fully saturated rings. The number of hydrogen-bond donors (Lipinski definition) is 4. The first-order chi connectivity index (χ1) is 27.9. The number of benzene rings is 2. The van der Waals surface area contributed by atoms with Gasteiger partial charge in [0.05, 0.1) is 52.9 Å². The van der Waals surface area contributed by atoms with E-state index in [9.17, 15) is 29.1 Å². The van der Waals surface area contributed by atoms with Gasteiger partial charge in [0, 0.05) is 19.4 Å². The first kappa shape index (κ1) is 50.2. The molecule has 0 aromatic heterocycles. The van der Waals surface area contributed by atoms with E-state index in [4.69, 9.17) is 18.9 Å². The molecule has 0 saturated heterocycles. The number of aliphatic carboxylic acids is 1. The smallest absolute Gasteiger partial charge is 0.326 e. The van der Waals surface area contributed by atoms with E-state index in [-0.39, 0.29) is 56.0 Å². The molecule has 3 amide bonds. The molecule has 2 rings (SSSR count). The highest BCUT2D eigenvalue weighted by atomic mass is 16.6. The number of rotatable bonds is 34. The van der Waals surface area contributed by atoms with Crippen LogP contribution in [0.2, 0.25) is 0 Å². The number of carboxylic acid groups (broad SMARTS) is 1. The minimum absolute atomic E-state index is 0.00233. The second kappa shape index (κ2) is 30.2. The zero-order valence-corrected chi connectivity index (χ0v) is 35.7. The molecule has 58 heavy (non-hydrogen) atoms. The molecule has 0 saturated carbocycles. The van der Waals surface area contributed by atoms with Crippen LogP contribution in [0.1, 0.15) is 104 Å². The number of carbonyl (C=O) groups is 5. The van der Waals surface area contributed by atoms with Gasteiger partial charge in [0.15, 0.2) is 0 Å². The van der Waals surface area contributed by atoms with Crippen molar-refractivity contribution >= 4 is 40.2 Å². The Morgan fingerprint density at radius 2 is 1.24 bits per heavy atom. The Morgan fingerprint density at radius 1 is 0.655 bits per heavy atom. The Bertz CT molecular complexity index is 1490. The molecule has 0 bridgehead atoms. The Kier molecular flexibility index (Phi) is 26.1. The van der Waals surface area contributed by atoms with Crippen molar-refractivity contribution in [2.45, 2.75) is 117 Å². The maximum atomic E-state index is 13.9. The maximum absolute atomic E-state index is 13.9. The third-order valence-electron chi connectivity index (χ3n) is 9.76. The lowest BCUT2D eigenvalue weighted by atomic mass is 9.89. The largest absolute Gasteiger partial charge is 0.480 e. The predicted molar refractivity (Wildman–Crippen MR) is 225 cm³/mol. The highest BCUT2D eigenvalue weighted by Crippen LogP contribution is 2.23. The Morgan fingerprint density at radius 3 is 1.86 bits per heavy atom. The number of ketones is 1. The Balaban J connectivity index is 1.75. The van der Waals surface area contributed by atoms with E-state index >= 15 is 0 Å². The van der Waals surface area contributed by atoms with Gasteiger partial charge in [0.25, 0.3) is 0 Å². The summed E-state index contributed by atoms with van der Waals surface area (Å²) in [4.78, 5) is 64.6. The summed E-state index contributed by atoms with van der Waals surface area (Å²) in [6.07, 6.45) is 9.20. The fourth-order valence-corrected chi connectivity index (χ4v) is 6.49. The second-order valence-electron chi connectivity index (χ2n) is 15.5. The average Bonchev–Trinajstić information content (AvgIpc) is 3.19. The van der Waals surface area contributed by atoms with Crippen molar-refractivity contribution in [1.82, 2.24) is 16.0 Å². The fraction of sp³-hybridized carbons (Fsp3) is 0.667. The number of Topliss-reactive ketones (excluding diaryl/α,β-unsaturated/α-hetero) is 1. The standard InChI is InChI=1S/C45H71N3O10/c1-6-7-8-9-10-11-12-20-41(50)46-22-24-56-26-28-58-30-29-57-27-25-55-23-21-40(49)38(32-36-18-15-17-35-16-13-14-19-37(35)36)43(51)47-39(31-33(2)3)44(52)48-42(34(4)5)45(53)54/h13-19,33-34,38-39,42H,6-12,20-32H2,1-5H3,(H,46,50)(H,47,51)(H,48,52)(H,53,54)/t38-,39-,42-/m0/s1. The highest BCUT2D eigenvalue weighted by molar-refractivity contribution is 6.03. The van der Waals surface area contributed by atoms with Gasteiger partial charge >= 0.3 is 5.97 Å². The quantitative estimate of drug-likeness (QED) is 0.0481. The topological polar surface area (TPSA) is 179 Å². The van der Waals surface area contributed by atoms with Crippen LogP contribution in [0, 0.1) is 17.8 Å². The second-order valence-corrected chi connectivity index (χ2v) is 15.5. The fourth-order valence-electron chi connectivity index (χ4n) is 6.49. The summed E-state index contributed by atoms with van der Waals surface area (Å²) < 4.78 is 22.3. The molecule has 0 aliphatic rings. The van der Waals surface area contributed by atoms with Gasteiger partial charge in [0.1, 0.15) is 23.8 Å². The average molecular weight is 814 g/mol. The molecule has 326 valence electrons. The van der Waals surface area contributed by atoms with Gasteiger partial charge in [-0.15, -0.1) is 0 Å². The number of hydrogen-bond acceptors (Lipinski definition) is 9. The lowest BCUT2D eigenvalue weighted by molar-refractivity contribution is -0.143. The van der Waals surface area contributed by atoms with Crippen LogP contribution in [-0.2, 0) is 49.3 Å². The van der Waals surface area contributed by atoms with E-state index in [0.29, 0.717) is 52.6 Å². The summed E-state index contributed by atoms with van der Waals surface area (Å²) in [5.41, 5.74) is 0.822. The molecule has 0 spiro atoms. The zero-order chi connectivity index (χ0) is 42.5. The van der Waals surface area contributed by atoms with Gasteiger partial charge < -0.3 is 40.0 Å². The number of ether oxygens (including phenoxy) is 4. The molecule has 13 nitrogen and oxygen atoms in total. The summed E-state index contributed by atoms with van der Waals surface area (Å²) >= 11 is 0. The van der Waals surface area contributed by atoms with Crippen molar-refractivity contribution in [3.8, 4) is 0 Å². The van der Waals surface area contributed by atoms with Crippen molar-refractivity contribution < 1.29 is 48.0 Å². The van der Waals surface area contributed by atoms with Crippen LogP contribution in [-0.4, -0.2) is 106 Å². The number of carboxylic acids is 1. The summed E-state index contributed by atoms with van der Waals surface area (Å²) in [6, 6.07) is 11.3.